The largest absolute Gasteiger partial charge is 0.507 e. The van der Waals surface area contributed by atoms with Crippen molar-refractivity contribution < 1.29 is 14.7 Å². The molecule has 0 saturated carbocycles. The molecule has 0 heterocycles. The fourth-order valence-corrected chi connectivity index (χ4v) is 1.19. The molecule has 0 atom stereocenters. The fraction of sp³-hybridized carbons (Fsp3) is 0.100. The van der Waals surface area contributed by atoms with Gasteiger partial charge in [0.2, 0.25) is 0 Å². The molecule has 0 aliphatic heterocycles. The van der Waals surface area contributed by atoms with E-state index >= 15 is 0 Å². The molecule has 0 saturated heterocycles. The number of carbonyl (C=O) groups excluding carboxylic acids is 2. The van der Waals surface area contributed by atoms with Crippen molar-refractivity contribution in [1.29, 1.82) is 5.41 Å². The summed E-state index contributed by atoms with van der Waals surface area (Å²) in [5.74, 6) is -1.97. The van der Waals surface area contributed by atoms with E-state index in [2.05, 4.69) is 5.32 Å². The first-order chi connectivity index (χ1) is 7.95. The number of nitrogens with two attached hydrogens (primary N) is 1. The molecule has 0 aliphatic carbocycles. The van der Waals surface area contributed by atoms with Gasteiger partial charge in [0, 0.05) is 12.6 Å². The Balaban J connectivity index is 3.10. The average Bonchev–Trinajstić information content (AvgIpc) is 2.27. The van der Waals surface area contributed by atoms with Gasteiger partial charge in [0.05, 0.1) is 5.56 Å². The third-order valence-corrected chi connectivity index (χ3v) is 1.98. The van der Waals surface area contributed by atoms with Gasteiger partial charge in [0.15, 0.2) is 5.96 Å². The molecule has 0 aliphatic rings. The number of phenolic OH excluding ortho intramolecular Hbond substituents is 1. The predicted octanol–water partition coefficient (Wildman–Crippen LogP) is -0.625. The van der Waals surface area contributed by atoms with Crippen LogP contribution in [0.15, 0.2) is 18.2 Å². The summed E-state index contributed by atoms with van der Waals surface area (Å²) < 4.78 is 0. The van der Waals surface area contributed by atoms with Gasteiger partial charge in [0.1, 0.15) is 5.75 Å². The zero-order valence-corrected chi connectivity index (χ0v) is 9.07. The van der Waals surface area contributed by atoms with Crippen LogP contribution in [0.5, 0.6) is 5.75 Å². The molecular formula is C10H12N4O3. The molecule has 0 radical (unpaired) electrons. The molecule has 1 aromatic rings. The third kappa shape index (κ3) is 2.94. The second-order valence-corrected chi connectivity index (χ2v) is 3.18. The minimum atomic E-state index is -0.749. The van der Waals surface area contributed by atoms with Crippen molar-refractivity contribution in [2.75, 3.05) is 7.05 Å². The number of nitrogens with one attached hydrogen (secondary N) is 3. The molecule has 2 amide bonds. The van der Waals surface area contributed by atoms with Gasteiger partial charge in [0.25, 0.3) is 11.8 Å². The van der Waals surface area contributed by atoms with Crippen LogP contribution in [-0.2, 0) is 0 Å². The third-order valence-electron chi connectivity index (χ3n) is 1.98. The van der Waals surface area contributed by atoms with Gasteiger partial charge in [-0.3, -0.25) is 20.3 Å². The normalized spacial score (nSPS) is 9.47. The number of benzene rings is 1. The first-order valence-electron chi connectivity index (χ1n) is 4.66. The van der Waals surface area contributed by atoms with E-state index in [4.69, 9.17) is 11.1 Å². The molecule has 0 unspecified atom stereocenters. The van der Waals surface area contributed by atoms with Crippen LogP contribution in [0.3, 0.4) is 0 Å². The van der Waals surface area contributed by atoms with E-state index in [9.17, 15) is 14.7 Å². The lowest BCUT2D eigenvalue weighted by atomic mass is 10.1. The van der Waals surface area contributed by atoms with Gasteiger partial charge in [-0.05, 0) is 18.2 Å². The van der Waals surface area contributed by atoms with Crippen LogP contribution in [0, 0.1) is 5.41 Å². The quantitative estimate of drug-likeness (QED) is 0.346. The smallest absolute Gasteiger partial charge is 0.261 e. The minimum Gasteiger partial charge on any atom is -0.507 e. The van der Waals surface area contributed by atoms with Crippen LogP contribution >= 0.6 is 0 Å². The number of hydrogen-bond donors (Lipinski definition) is 5. The van der Waals surface area contributed by atoms with Crippen molar-refractivity contribution in [3.8, 4) is 5.75 Å². The molecule has 1 rings (SSSR count). The van der Waals surface area contributed by atoms with E-state index in [-0.39, 0.29) is 22.8 Å². The van der Waals surface area contributed by atoms with Crippen LogP contribution < -0.4 is 16.4 Å². The van der Waals surface area contributed by atoms with Crippen LogP contribution in [0.2, 0.25) is 0 Å². The standard InChI is InChI=1S/C10H12N4O3/c1-13-8(16)5-2-3-7(15)6(4-5)9(17)14-10(11)12/h2-4,15H,1H3,(H,13,16)(H4,11,12,14,17). The van der Waals surface area contributed by atoms with Gasteiger partial charge in [-0.15, -0.1) is 0 Å². The maximum Gasteiger partial charge on any atom is 0.261 e. The average molecular weight is 236 g/mol. The Morgan fingerprint density at radius 3 is 2.53 bits per heavy atom. The Kier molecular flexibility index (Phi) is 3.66. The number of amides is 2. The lowest BCUT2D eigenvalue weighted by Gasteiger charge is -2.07. The monoisotopic (exact) mass is 236 g/mol. The van der Waals surface area contributed by atoms with E-state index < -0.39 is 11.9 Å². The SMILES string of the molecule is CNC(=O)c1ccc(O)c(C(=O)NC(=N)N)c1. The highest BCUT2D eigenvalue weighted by Gasteiger charge is 2.14. The fourth-order valence-electron chi connectivity index (χ4n) is 1.19. The Hall–Kier alpha value is -2.57. The molecule has 6 N–H and O–H groups in total. The summed E-state index contributed by atoms with van der Waals surface area (Å²) in [5.41, 5.74) is 5.09. The molecule has 0 fully saturated rings. The number of rotatable bonds is 2. The summed E-state index contributed by atoms with van der Waals surface area (Å²) in [5, 5.41) is 20.8. The lowest BCUT2D eigenvalue weighted by Crippen LogP contribution is -2.35. The van der Waals surface area contributed by atoms with Crippen molar-refractivity contribution in [3.63, 3.8) is 0 Å². The Bertz CT molecular complexity index is 484. The molecule has 0 spiro atoms. The molecular weight excluding hydrogens is 224 g/mol. The van der Waals surface area contributed by atoms with Crippen LogP contribution in [0.25, 0.3) is 0 Å². The number of phenols is 1. The topological polar surface area (TPSA) is 128 Å². The van der Waals surface area contributed by atoms with E-state index in [1.54, 1.807) is 0 Å². The van der Waals surface area contributed by atoms with Crippen molar-refractivity contribution >= 4 is 17.8 Å². The Labute approximate surface area is 97.1 Å². The molecule has 7 nitrogen and oxygen atoms in total. The summed E-state index contributed by atoms with van der Waals surface area (Å²) in [6.07, 6.45) is 0. The molecule has 1 aromatic carbocycles. The highest BCUT2D eigenvalue weighted by molar-refractivity contribution is 6.07. The van der Waals surface area contributed by atoms with Gasteiger partial charge < -0.3 is 16.2 Å². The molecule has 17 heavy (non-hydrogen) atoms. The van der Waals surface area contributed by atoms with Gasteiger partial charge in [-0.25, -0.2) is 0 Å². The number of carbonyl (C=O) groups is 2. The molecule has 0 aromatic heterocycles. The highest BCUT2D eigenvalue weighted by atomic mass is 16.3. The zero-order chi connectivity index (χ0) is 13.0. The Morgan fingerprint density at radius 1 is 1.35 bits per heavy atom. The number of aromatic hydroxyl groups is 1. The van der Waals surface area contributed by atoms with Crippen LogP contribution in [0.4, 0.5) is 0 Å². The van der Waals surface area contributed by atoms with Crippen molar-refractivity contribution in [3.05, 3.63) is 29.3 Å². The lowest BCUT2D eigenvalue weighted by molar-refractivity contribution is 0.0963. The zero-order valence-electron chi connectivity index (χ0n) is 9.07. The number of hydrogen-bond acceptors (Lipinski definition) is 4. The highest BCUT2D eigenvalue weighted by Crippen LogP contribution is 2.18. The first kappa shape index (κ1) is 12.5. The minimum absolute atomic E-state index is 0.124. The molecule has 7 heteroatoms. The maximum atomic E-state index is 11.5. The summed E-state index contributed by atoms with van der Waals surface area (Å²) in [6, 6.07) is 3.81. The van der Waals surface area contributed by atoms with Crippen molar-refractivity contribution in [2.45, 2.75) is 0 Å². The molecule has 90 valence electrons. The van der Waals surface area contributed by atoms with E-state index in [0.717, 1.165) is 0 Å². The van der Waals surface area contributed by atoms with Gasteiger partial charge >= 0.3 is 0 Å². The second kappa shape index (κ2) is 4.97. The summed E-state index contributed by atoms with van der Waals surface area (Å²) in [6.45, 7) is 0. The first-order valence-corrected chi connectivity index (χ1v) is 4.66. The van der Waals surface area contributed by atoms with E-state index in [1.807, 2.05) is 5.32 Å². The van der Waals surface area contributed by atoms with Crippen molar-refractivity contribution in [2.24, 2.45) is 5.73 Å². The van der Waals surface area contributed by atoms with Crippen molar-refractivity contribution in [1.82, 2.24) is 10.6 Å². The predicted molar refractivity (Wildman–Crippen MR) is 60.9 cm³/mol. The van der Waals surface area contributed by atoms with Crippen LogP contribution in [-0.4, -0.2) is 29.9 Å². The van der Waals surface area contributed by atoms with Gasteiger partial charge in [-0.1, -0.05) is 0 Å². The van der Waals surface area contributed by atoms with E-state index in [0.29, 0.717) is 0 Å². The second-order valence-electron chi connectivity index (χ2n) is 3.18. The summed E-state index contributed by atoms with van der Waals surface area (Å²) in [7, 11) is 1.45. The summed E-state index contributed by atoms with van der Waals surface area (Å²) in [4.78, 5) is 22.8. The Morgan fingerprint density at radius 2 is 2.00 bits per heavy atom. The molecule has 0 bridgehead atoms. The van der Waals surface area contributed by atoms with E-state index in [1.165, 1.54) is 25.2 Å². The van der Waals surface area contributed by atoms with Gasteiger partial charge in [-0.2, -0.15) is 0 Å². The van der Waals surface area contributed by atoms with Crippen LogP contribution in [0.1, 0.15) is 20.7 Å². The summed E-state index contributed by atoms with van der Waals surface area (Å²) >= 11 is 0. The maximum absolute atomic E-state index is 11.5. The number of guanidine groups is 1.